The molecule has 0 aliphatic carbocycles. The summed E-state index contributed by atoms with van der Waals surface area (Å²) in [7, 11) is 0. The van der Waals surface area contributed by atoms with Crippen LogP contribution in [0.3, 0.4) is 0 Å². The Morgan fingerprint density at radius 2 is 1.56 bits per heavy atom. The third kappa shape index (κ3) is 2.13. The molecular weight excluding hydrogens is 196 g/mol. The third-order valence-corrected chi connectivity index (χ3v) is 2.71. The highest BCUT2D eigenvalue weighted by atomic mass is 14.5. The molecule has 0 heterocycles. The lowest BCUT2D eigenvalue weighted by Gasteiger charge is -2.10. The Balaban J connectivity index is 2.53. The predicted octanol–water partition coefficient (Wildman–Crippen LogP) is 2.27. The van der Waals surface area contributed by atoms with Gasteiger partial charge in [-0.3, -0.25) is 0 Å². The van der Waals surface area contributed by atoms with Crippen LogP contribution in [-0.2, 0) is 13.1 Å². The van der Waals surface area contributed by atoms with Gasteiger partial charge in [-0.1, -0.05) is 42.5 Å². The summed E-state index contributed by atoms with van der Waals surface area (Å²) >= 11 is 0. The van der Waals surface area contributed by atoms with Gasteiger partial charge in [0.1, 0.15) is 0 Å². The standard InChI is InChI=1S/C14H16N2/c15-9-11-6-7-13(10-16)14(8-11)12-4-2-1-3-5-12/h1-8H,9-10,15-16H2. The monoisotopic (exact) mass is 212 g/mol. The fourth-order valence-electron chi connectivity index (χ4n) is 1.82. The molecule has 0 amide bonds. The van der Waals surface area contributed by atoms with Crippen molar-refractivity contribution in [3.8, 4) is 11.1 Å². The van der Waals surface area contributed by atoms with Crippen LogP contribution < -0.4 is 11.5 Å². The Morgan fingerprint density at radius 1 is 0.812 bits per heavy atom. The highest BCUT2D eigenvalue weighted by Crippen LogP contribution is 2.24. The first-order chi connectivity index (χ1) is 7.85. The molecule has 0 saturated heterocycles. The van der Waals surface area contributed by atoms with E-state index >= 15 is 0 Å². The van der Waals surface area contributed by atoms with Crippen LogP contribution in [0.5, 0.6) is 0 Å². The van der Waals surface area contributed by atoms with E-state index in [1.54, 1.807) is 0 Å². The van der Waals surface area contributed by atoms with E-state index in [1.807, 2.05) is 24.3 Å². The van der Waals surface area contributed by atoms with Crippen LogP contribution in [-0.4, -0.2) is 0 Å². The summed E-state index contributed by atoms with van der Waals surface area (Å²) in [5.74, 6) is 0. The maximum atomic E-state index is 5.75. The molecule has 2 aromatic carbocycles. The SMILES string of the molecule is NCc1ccc(CN)c(-c2ccccc2)c1. The van der Waals surface area contributed by atoms with E-state index in [1.165, 1.54) is 11.1 Å². The Bertz CT molecular complexity index is 463. The molecule has 0 bridgehead atoms. The van der Waals surface area contributed by atoms with Crippen molar-refractivity contribution >= 4 is 0 Å². The van der Waals surface area contributed by atoms with Gasteiger partial charge in [0.15, 0.2) is 0 Å². The molecule has 0 saturated carbocycles. The van der Waals surface area contributed by atoms with Crippen molar-refractivity contribution in [2.75, 3.05) is 0 Å². The second-order valence-electron chi connectivity index (χ2n) is 3.77. The number of nitrogens with two attached hydrogens (primary N) is 2. The van der Waals surface area contributed by atoms with Crippen LogP contribution >= 0.6 is 0 Å². The lowest BCUT2D eigenvalue weighted by Crippen LogP contribution is -2.02. The van der Waals surface area contributed by atoms with Gasteiger partial charge >= 0.3 is 0 Å². The van der Waals surface area contributed by atoms with Crippen molar-refractivity contribution in [3.05, 3.63) is 59.7 Å². The average molecular weight is 212 g/mol. The molecule has 2 aromatic rings. The van der Waals surface area contributed by atoms with Gasteiger partial charge in [-0.15, -0.1) is 0 Å². The molecule has 0 aromatic heterocycles. The fourth-order valence-corrected chi connectivity index (χ4v) is 1.82. The second-order valence-corrected chi connectivity index (χ2v) is 3.77. The number of hydrogen-bond acceptors (Lipinski definition) is 2. The first kappa shape index (κ1) is 10.9. The summed E-state index contributed by atoms with van der Waals surface area (Å²) in [6.07, 6.45) is 0. The van der Waals surface area contributed by atoms with E-state index in [-0.39, 0.29) is 0 Å². The van der Waals surface area contributed by atoms with Crippen molar-refractivity contribution in [3.63, 3.8) is 0 Å². The van der Waals surface area contributed by atoms with Gasteiger partial charge in [0, 0.05) is 13.1 Å². The molecule has 2 nitrogen and oxygen atoms in total. The van der Waals surface area contributed by atoms with E-state index in [9.17, 15) is 0 Å². The highest BCUT2D eigenvalue weighted by Gasteiger charge is 2.04. The Kier molecular flexibility index (Phi) is 3.34. The molecule has 82 valence electrons. The first-order valence-corrected chi connectivity index (χ1v) is 5.42. The number of rotatable bonds is 3. The minimum atomic E-state index is 0.551. The Hall–Kier alpha value is -1.64. The zero-order chi connectivity index (χ0) is 11.4. The fraction of sp³-hybridized carbons (Fsp3) is 0.143. The van der Waals surface area contributed by atoms with Gasteiger partial charge in [0.2, 0.25) is 0 Å². The largest absolute Gasteiger partial charge is 0.326 e. The molecule has 0 aliphatic rings. The molecule has 2 rings (SSSR count). The maximum Gasteiger partial charge on any atom is 0.0184 e. The summed E-state index contributed by atoms with van der Waals surface area (Å²) < 4.78 is 0. The van der Waals surface area contributed by atoms with Crippen LogP contribution in [0.1, 0.15) is 11.1 Å². The minimum Gasteiger partial charge on any atom is -0.326 e. The molecular formula is C14H16N2. The van der Waals surface area contributed by atoms with E-state index in [4.69, 9.17) is 11.5 Å². The van der Waals surface area contributed by atoms with Crippen molar-refractivity contribution in [2.45, 2.75) is 13.1 Å². The molecule has 0 atom stereocenters. The van der Waals surface area contributed by atoms with Crippen molar-refractivity contribution in [2.24, 2.45) is 11.5 Å². The molecule has 0 radical (unpaired) electrons. The molecule has 0 unspecified atom stereocenters. The minimum absolute atomic E-state index is 0.551. The van der Waals surface area contributed by atoms with Crippen LogP contribution in [0.4, 0.5) is 0 Å². The summed E-state index contributed by atoms with van der Waals surface area (Å²) in [5, 5.41) is 0. The van der Waals surface area contributed by atoms with Crippen LogP contribution in [0, 0.1) is 0 Å². The topological polar surface area (TPSA) is 52.0 Å². The van der Waals surface area contributed by atoms with Gasteiger partial charge in [-0.25, -0.2) is 0 Å². The zero-order valence-electron chi connectivity index (χ0n) is 9.19. The maximum absolute atomic E-state index is 5.75. The molecule has 16 heavy (non-hydrogen) atoms. The number of hydrogen-bond donors (Lipinski definition) is 2. The third-order valence-electron chi connectivity index (χ3n) is 2.71. The first-order valence-electron chi connectivity index (χ1n) is 5.42. The normalized spacial score (nSPS) is 10.4. The molecule has 0 aliphatic heterocycles. The van der Waals surface area contributed by atoms with Gasteiger partial charge in [-0.2, -0.15) is 0 Å². The molecule has 4 N–H and O–H groups in total. The van der Waals surface area contributed by atoms with Crippen LogP contribution in [0.25, 0.3) is 11.1 Å². The van der Waals surface area contributed by atoms with E-state index < -0.39 is 0 Å². The zero-order valence-corrected chi connectivity index (χ0v) is 9.19. The van der Waals surface area contributed by atoms with Gasteiger partial charge in [0.05, 0.1) is 0 Å². The summed E-state index contributed by atoms with van der Waals surface area (Å²) in [6, 6.07) is 16.5. The Labute approximate surface area is 95.9 Å². The lowest BCUT2D eigenvalue weighted by atomic mass is 9.97. The van der Waals surface area contributed by atoms with Gasteiger partial charge in [-0.05, 0) is 28.3 Å². The van der Waals surface area contributed by atoms with Gasteiger partial charge in [0.25, 0.3) is 0 Å². The van der Waals surface area contributed by atoms with E-state index in [0.29, 0.717) is 13.1 Å². The summed E-state index contributed by atoms with van der Waals surface area (Å²) in [5.41, 5.74) is 16.1. The second kappa shape index (κ2) is 4.92. The number of benzene rings is 2. The highest BCUT2D eigenvalue weighted by molar-refractivity contribution is 5.68. The molecule has 0 fully saturated rings. The van der Waals surface area contributed by atoms with E-state index in [0.717, 1.165) is 11.1 Å². The summed E-state index contributed by atoms with van der Waals surface area (Å²) in [6.45, 7) is 1.11. The predicted molar refractivity (Wildman–Crippen MR) is 67.7 cm³/mol. The van der Waals surface area contributed by atoms with Crippen molar-refractivity contribution in [1.29, 1.82) is 0 Å². The lowest BCUT2D eigenvalue weighted by molar-refractivity contribution is 1.04. The van der Waals surface area contributed by atoms with Crippen molar-refractivity contribution < 1.29 is 0 Å². The smallest absolute Gasteiger partial charge is 0.0184 e. The van der Waals surface area contributed by atoms with E-state index in [2.05, 4.69) is 24.3 Å². The van der Waals surface area contributed by atoms with Gasteiger partial charge < -0.3 is 11.5 Å². The average Bonchev–Trinajstić information content (AvgIpc) is 2.39. The molecule has 2 heteroatoms. The van der Waals surface area contributed by atoms with Crippen molar-refractivity contribution in [1.82, 2.24) is 0 Å². The van der Waals surface area contributed by atoms with Crippen LogP contribution in [0.15, 0.2) is 48.5 Å². The Morgan fingerprint density at radius 3 is 2.19 bits per heavy atom. The summed E-state index contributed by atoms with van der Waals surface area (Å²) in [4.78, 5) is 0. The van der Waals surface area contributed by atoms with Crippen LogP contribution in [0.2, 0.25) is 0 Å². The quantitative estimate of drug-likeness (QED) is 0.820. The molecule has 0 spiro atoms.